The number of benzene rings is 2. The van der Waals surface area contributed by atoms with Gasteiger partial charge in [0.05, 0.1) is 36.7 Å². The molecule has 33 heavy (non-hydrogen) atoms. The Hall–Kier alpha value is -2.62. The summed E-state index contributed by atoms with van der Waals surface area (Å²) in [5.74, 6) is 2.54. The maximum absolute atomic E-state index is 12.6. The Morgan fingerprint density at radius 3 is 2.58 bits per heavy atom. The number of aromatic nitrogens is 2. The van der Waals surface area contributed by atoms with Crippen molar-refractivity contribution in [2.45, 2.75) is 43.8 Å². The Kier molecular flexibility index (Phi) is 6.65. The van der Waals surface area contributed by atoms with Crippen LogP contribution in [0.15, 0.2) is 41.3 Å². The summed E-state index contributed by atoms with van der Waals surface area (Å²) in [6, 6.07) is 11.4. The molecule has 1 unspecified atom stereocenters. The van der Waals surface area contributed by atoms with Crippen LogP contribution in [-0.4, -0.2) is 62.0 Å². The highest BCUT2D eigenvalue weighted by atomic mass is 32.2. The SMILES string of the molecule is CCn1c(CN2CCCC2c2ccc(OC)cc2OC)nc2cc(S(=O)(=O)N(C)C)ccc21. The molecule has 1 saturated heterocycles. The standard InChI is InChI=1S/C24H32N4O4S/c1-6-28-22-12-10-18(33(29,30)26(2)3)15-20(22)25-24(28)16-27-13-7-8-21(27)19-11-9-17(31-4)14-23(19)32-5/h9-12,14-15,21H,6-8,13,16H2,1-5H3. The second kappa shape index (κ2) is 9.32. The first-order chi connectivity index (χ1) is 15.8. The van der Waals surface area contributed by atoms with E-state index in [4.69, 9.17) is 14.5 Å². The molecule has 2 aromatic carbocycles. The van der Waals surface area contributed by atoms with Crippen LogP contribution in [0.25, 0.3) is 11.0 Å². The third-order valence-corrected chi connectivity index (χ3v) is 8.21. The van der Waals surface area contributed by atoms with Crippen molar-refractivity contribution in [2.24, 2.45) is 0 Å². The molecule has 0 radical (unpaired) electrons. The molecule has 3 aromatic rings. The molecule has 0 amide bonds. The first-order valence-corrected chi connectivity index (χ1v) is 12.6. The monoisotopic (exact) mass is 472 g/mol. The lowest BCUT2D eigenvalue weighted by molar-refractivity contribution is 0.234. The van der Waals surface area contributed by atoms with Crippen LogP contribution in [-0.2, 0) is 23.1 Å². The molecule has 0 spiro atoms. The van der Waals surface area contributed by atoms with E-state index in [1.54, 1.807) is 26.4 Å². The van der Waals surface area contributed by atoms with Gasteiger partial charge in [-0.05, 0) is 50.6 Å². The van der Waals surface area contributed by atoms with E-state index in [9.17, 15) is 8.42 Å². The minimum absolute atomic E-state index is 0.223. The highest BCUT2D eigenvalue weighted by Crippen LogP contribution is 2.39. The molecular weight excluding hydrogens is 440 g/mol. The summed E-state index contributed by atoms with van der Waals surface area (Å²) in [7, 11) is 2.91. The molecule has 0 aliphatic carbocycles. The third-order valence-electron chi connectivity index (χ3n) is 6.40. The molecule has 0 saturated carbocycles. The van der Waals surface area contributed by atoms with Crippen LogP contribution in [0.5, 0.6) is 11.5 Å². The van der Waals surface area contributed by atoms with Gasteiger partial charge in [0.25, 0.3) is 0 Å². The highest BCUT2D eigenvalue weighted by Gasteiger charge is 2.30. The maximum atomic E-state index is 12.6. The summed E-state index contributed by atoms with van der Waals surface area (Å²) in [6.45, 7) is 4.49. The van der Waals surface area contributed by atoms with Gasteiger partial charge in [0.2, 0.25) is 10.0 Å². The number of methoxy groups -OCH3 is 2. The lowest BCUT2D eigenvalue weighted by Crippen LogP contribution is -2.25. The number of hydrogen-bond donors (Lipinski definition) is 0. The van der Waals surface area contributed by atoms with Crippen LogP contribution >= 0.6 is 0 Å². The summed E-state index contributed by atoms with van der Waals surface area (Å²) in [5, 5.41) is 0. The van der Waals surface area contributed by atoms with Crippen molar-refractivity contribution in [3.63, 3.8) is 0 Å². The average Bonchev–Trinajstić information content (AvgIpc) is 3.41. The number of imidazole rings is 1. The Balaban J connectivity index is 1.68. The second-order valence-electron chi connectivity index (χ2n) is 8.45. The van der Waals surface area contributed by atoms with Crippen molar-refractivity contribution in [1.29, 1.82) is 0 Å². The van der Waals surface area contributed by atoms with E-state index in [1.807, 2.05) is 18.2 Å². The fourth-order valence-electron chi connectivity index (χ4n) is 4.65. The first-order valence-electron chi connectivity index (χ1n) is 11.2. The number of rotatable bonds is 8. The van der Waals surface area contributed by atoms with Crippen LogP contribution in [0, 0.1) is 0 Å². The molecule has 1 aliphatic heterocycles. The van der Waals surface area contributed by atoms with Crippen LogP contribution in [0.4, 0.5) is 0 Å². The average molecular weight is 473 g/mol. The zero-order valence-electron chi connectivity index (χ0n) is 19.9. The quantitative estimate of drug-likeness (QED) is 0.498. The normalized spacial score (nSPS) is 17.2. The molecule has 1 fully saturated rings. The zero-order chi connectivity index (χ0) is 23.8. The smallest absolute Gasteiger partial charge is 0.242 e. The van der Waals surface area contributed by atoms with Gasteiger partial charge in [0, 0.05) is 38.3 Å². The van der Waals surface area contributed by atoms with Gasteiger partial charge in [-0.15, -0.1) is 0 Å². The molecule has 4 rings (SSSR count). The van der Waals surface area contributed by atoms with Crippen molar-refractivity contribution in [3.8, 4) is 11.5 Å². The maximum Gasteiger partial charge on any atom is 0.242 e. The van der Waals surface area contributed by atoms with E-state index in [0.29, 0.717) is 12.1 Å². The lowest BCUT2D eigenvalue weighted by Gasteiger charge is -2.26. The number of likely N-dealkylation sites (tertiary alicyclic amines) is 1. The third kappa shape index (κ3) is 4.32. The van der Waals surface area contributed by atoms with Gasteiger partial charge in [-0.1, -0.05) is 6.07 Å². The predicted octanol–water partition coefficient (Wildman–Crippen LogP) is 3.66. The Morgan fingerprint density at radius 2 is 1.91 bits per heavy atom. The van der Waals surface area contributed by atoms with Crippen molar-refractivity contribution < 1.29 is 17.9 Å². The molecule has 2 heterocycles. The predicted molar refractivity (Wildman–Crippen MR) is 128 cm³/mol. The van der Waals surface area contributed by atoms with Gasteiger partial charge in [0.1, 0.15) is 17.3 Å². The molecule has 8 nitrogen and oxygen atoms in total. The number of ether oxygens (including phenoxy) is 2. The van der Waals surface area contributed by atoms with Crippen molar-refractivity contribution in [1.82, 2.24) is 18.8 Å². The van der Waals surface area contributed by atoms with Crippen molar-refractivity contribution in [3.05, 3.63) is 47.8 Å². The molecular formula is C24H32N4O4S. The second-order valence-corrected chi connectivity index (χ2v) is 10.6. The lowest BCUT2D eigenvalue weighted by atomic mass is 10.0. The summed E-state index contributed by atoms with van der Waals surface area (Å²) in [6.07, 6.45) is 2.14. The fourth-order valence-corrected chi connectivity index (χ4v) is 5.57. The number of sulfonamides is 1. The molecule has 0 bridgehead atoms. The Morgan fingerprint density at radius 1 is 1.12 bits per heavy atom. The molecule has 1 aromatic heterocycles. The van der Waals surface area contributed by atoms with Crippen LogP contribution in [0.2, 0.25) is 0 Å². The van der Waals surface area contributed by atoms with Crippen LogP contribution < -0.4 is 9.47 Å². The van der Waals surface area contributed by atoms with Crippen LogP contribution in [0.1, 0.15) is 37.2 Å². The summed E-state index contributed by atoms with van der Waals surface area (Å²) in [4.78, 5) is 7.55. The summed E-state index contributed by atoms with van der Waals surface area (Å²) >= 11 is 0. The fraction of sp³-hybridized carbons (Fsp3) is 0.458. The topological polar surface area (TPSA) is 76.9 Å². The van der Waals surface area contributed by atoms with Crippen molar-refractivity contribution in [2.75, 3.05) is 34.9 Å². The highest BCUT2D eigenvalue weighted by molar-refractivity contribution is 7.89. The van der Waals surface area contributed by atoms with E-state index in [0.717, 1.165) is 54.3 Å². The van der Waals surface area contributed by atoms with Gasteiger partial charge in [0.15, 0.2) is 0 Å². The van der Waals surface area contributed by atoms with E-state index in [2.05, 4.69) is 22.5 Å². The van der Waals surface area contributed by atoms with Gasteiger partial charge in [-0.2, -0.15) is 0 Å². The van der Waals surface area contributed by atoms with Gasteiger partial charge in [-0.3, -0.25) is 4.90 Å². The molecule has 178 valence electrons. The first kappa shape index (κ1) is 23.5. The molecule has 1 aliphatic rings. The number of aryl methyl sites for hydroxylation is 1. The van der Waals surface area contributed by atoms with E-state index in [1.165, 1.54) is 18.4 Å². The van der Waals surface area contributed by atoms with Gasteiger partial charge < -0.3 is 14.0 Å². The number of hydrogen-bond acceptors (Lipinski definition) is 6. The van der Waals surface area contributed by atoms with E-state index >= 15 is 0 Å². The van der Waals surface area contributed by atoms with Crippen molar-refractivity contribution >= 4 is 21.1 Å². The minimum atomic E-state index is -3.51. The van der Waals surface area contributed by atoms with E-state index in [-0.39, 0.29) is 10.9 Å². The molecule has 9 heteroatoms. The Labute approximate surface area is 195 Å². The Bertz CT molecular complexity index is 1250. The van der Waals surface area contributed by atoms with Gasteiger partial charge >= 0.3 is 0 Å². The summed E-state index contributed by atoms with van der Waals surface area (Å²) in [5.41, 5.74) is 2.80. The van der Waals surface area contributed by atoms with E-state index < -0.39 is 10.0 Å². The van der Waals surface area contributed by atoms with Gasteiger partial charge in [-0.25, -0.2) is 17.7 Å². The molecule has 0 N–H and O–H groups in total. The summed E-state index contributed by atoms with van der Waals surface area (Å²) < 4.78 is 39.6. The minimum Gasteiger partial charge on any atom is -0.497 e. The number of nitrogens with zero attached hydrogens (tertiary/aromatic N) is 4. The molecule has 1 atom stereocenters. The van der Waals surface area contributed by atoms with Crippen LogP contribution in [0.3, 0.4) is 0 Å². The largest absolute Gasteiger partial charge is 0.497 e. The zero-order valence-corrected chi connectivity index (χ0v) is 20.7. The number of fused-ring (bicyclic) bond motifs is 1.